The van der Waals surface area contributed by atoms with Crippen molar-refractivity contribution < 1.29 is 28.5 Å². The highest BCUT2D eigenvalue weighted by molar-refractivity contribution is 6.35. The van der Waals surface area contributed by atoms with Crippen molar-refractivity contribution in [1.82, 2.24) is 0 Å². The van der Waals surface area contributed by atoms with Crippen molar-refractivity contribution in [3.05, 3.63) is 82.9 Å². The lowest BCUT2D eigenvalue weighted by atomic mass is 9.80. The SMILES string of the molecule is CCOc1cccc(Oc2cc(N)c3c(c2N)C(=O)c2c(N)cc(Oc4cccc(OCC)c4)c(N)c2C3=O)c1. The van der Waals surface area contributed by atoms with Crippen molar-refractivity contribution in [2.24, 2.45) is 0 Å². The van der Waals surface area contributed by atoms with E-state index in [9.17, 15) is 9.59 Å². The fraction of sp³-hybridized carbons (Fsp3) is 0.133. The maximum absolute atomic E-state index is 13.8. The van der Waals surface area contributed by atoms with E-state index in [2.05, 4.69) is 0 Å². The van der Waals surface area contributed by atoms with Gasteiger partial charge >= 0.3 is 0 Å². The molecule has 0 amide bonds. The number of hydrogen-bond donors (Lipinski definition) is 4. The van der Waals surface area contributed by atoms with E-state index in [-0.39, 0.29) is 56.5 Å². The molecular weight excluding hydrogens is 512 g/mol. The van der Waals surface area contributed by atoms with Gasteiger partial charge in [0.05, 0.1) is 46.8 Å². The van der Waals surface area contributed by atoms with Crippen LogP contribution in [0.1, 0.15) is 45.7 Å². The van der Waals surface area contributed by atoms with Crippen LogP contribution in [0.15, 0.2) is 60.7 Å². The Hall–Kier alpha value is -5.38. The normalized spacial score (nSPS) is 11.9. The van der Waals surface area contributed by atoms with Crippen LogP contribution in [0.4, 0.5) is 22.7 Å². The van der Waals surface area contributed by atoms with Gasteiger partial charge in [-0.05, 0) is 38.1 Å². The Bertz CT molecular complexity index is 1540. The molecule has 0 saturated carbocycles. The van der Waals surface area contributed by atoms with Crippen LogP contribution in [0, 0.1) is 0 Å². The number of ether oxygens (including phenoxy) is 4. The molecule has 8 N–H and O–H groups in total. The fourth-order valence-electron chi connectivity index (χ4n) is 4.61. The van der Waals surface area contributed by atoms with Crippen LogP contribution in [0.5, 0.6) is 34.5 Å². The maximum atomic E-state index is 13.8. The molecule has 40 heavy (non-hydrogen) atoms. The predicted molar refractivity (Wildman–Crippen MR) is 153 cm³/mol. The third-order valence-corrected chi connectivity index (χ3v) is 6.32. The molecule has 0 fully saturated rings. The second kappa shape index (κ2) is 10.4. The van der Waals surface area contributed by atoms with Crippen LogP contribution >= 0.6 is 0 Å². The highest BCUT2D eigenvalue weighted by Crippen LogP contribution is 2.46. The first-order chi connectivity index (χ1) is 19.2. The minimum atomic E-state index is -0.601. The van der Waals surface area contributed by atoms with Gasteiger partial charge in [0.1, 0.15) is 23.0 Å². The summed E-state index contributed by atoms with van der Waals surface area (Å²) in [6.07, 6.45) is 0. The number of carbonyl (C=O) groups excluding carboxylic acids is 2. The number of anilines is 4. The smallest absolute Gasteiger partial charge is 0.198 e. The molecule has 0 saturated heterocycles. The van der Waals surface area contributed by atoms with E-state index >= 15 is 0 Å². The Morgan fingerprint density at radius 1 is 0.550 bits per heavy atom. The van der Waals surface area contributed by atoms with Crippen molar-refractivity contribution in [3.63, 3.8) is 0 Å². The molecule has 0 aliphatic heterocycles. The van der Waals surface area contributed by atoms with Gasteiger partial charge in [-0.25, -0.2) is 0 Å². The quantitative estimate of drug-likeness (QED) is 0.192. The number of benzene rings is 4. The van der Waals surface area contributed by atoms with Crippen molar-refractivity contribution in [3.8, 4) is 34.5 Å². The van der Waals surface area contributed by atoms with E-state index in [0.29, 0.717) is 36.2 Å². The van der Waals surface area contributed by atoms with Crippen molar-refractivity contribution in [1.29, 1.82) is 0 Å². The third-order valence-electron chi connectivity index (χ3n) is 6.32. The van der Waals surface area contributed by atoms with Crippen LogP contribution in [0.2, 0.25) is 0 Å². The molecule has 0 radical (unpaired) electrons. The topological polar surface area (TPSA) is 175 Å². The zero-order valence-electron chi connectivity index (χ0n) is 21.9. The van der Waals surface area contributed by atoms with Gasteiger partial charge in [-0.2, -0.15) is 0 Å². The van der Waals surface area contributed by atoms with Gasteiger partial charge in [0.15, 0.2) is 23.1 Å². The molecule has 10 heteroatoms. The Kier molecular flexibility index (Phi) is 6.83. The first kappa shape index (κ1) is 26.2. The molecule has 0 atom stereocenters. The number of carbonyl (C=O) groups is 2. The lowest BCUT2D eigenvalue weighted by Crippen LogP contribution is -2.26. The van der Waals surface area contributed by atoms with Gasteiger partial charge in [0.2, 0.25) is 0 Å². The molecular formula is C30H28N4O6. The van der Waals surface area contributed by atoms with Gasteiger partial charge in [-0.1, -0.05) is 12.1 Å². The average molecular weight is 541 g/mol. The molecule has 4 aromatic carbocycles. The van der Waals surface area contributed by atoms with E-state index < -0.39 is 11.6 Å². The Labute approximate surface area is 230 Å². The number of ketones is 2. The molecule has 10 nitrogen and oxygen atoms in total. The molecule has 0 aromatic heterocycles. The minimum absolute atomic E-state index is 0.00197. The number of rotatable bonds is 8. The second-order valence-electron chi connectivity index (χ2n) is 8.93. The first-order valence-corrected chi connectivity index (χ1v) is 12.6. The highest BCUT2D eigenvalue weighted by Gasteiger charge is 2.38. The summed E-state index contributed by atoms with van der Waals surface area (Å²) in [6, 6.07) is 16.6. The maximum Gasteiger partial charge on any atom is 0.198 e. The van der Waals surface area contributed by atoms with Crippen LogP contribution in [0.3, 0.4) is 0 Å². The number of nitrogens with two attached hydrogens (primary N) is 4. The molecule has 0 bridgehead atoms. The molecule has 0 heterocycles. The van der Waals surface area contributed by atoms with Gasteiger partial charge in [0.25, 0.3) is 0 Å². The fourth-order valence-corrected chi connectivity index (χ4v) is 4.61. The molecule has 4 aromatic rings. The first-order valence-electron chi connectivity index (χ1n) is 12.6. The van der Waals surface area contributed by atoms with Crippen LogP contribution in [-0.2, 0) is 0 Å². The average Bonchev–Trinajstić information content (AvgIpc) is 2.92. The highest BCUT2D eigenvalue weighted by atomic mass is 16.5. The number of nitrogen functional groups attached to an aromatic ring is 4. The van der Waals surface area contributed by atoms with Gasteiger partial charge in [0, 0.05) is 35.6 Å². The van der Waals surface area contributed by atoms with E-state index in [1.54, 1.807) is 48.5 Å². The van der Waals surface area contributed by atoms with Crippen molar-refractivity contribution >= 4 is 34.3 Å². The van der Waals surface area contributed by atoms with Crippen LogP contribution in [0.25, 0.3) is 0 Å². The van der Waals surface area contributed by atoms with Crippen LogP contribution < -0.4 is 41.9 Å². The summed E-state index contributed by atoms with van der Waals surface area (Å²) in [5.41, 5.74) is 24.9. The van der Waals surface area contributed by atoms with Gasteiger partial charge in [-0.15, -0.1) is 0 Å². The lowest BCUT2D eigenvalue weighted by molar-refractivity contribution is 0.0981. The minimum Gasteiger partial charge on any atom is -0.494 e. The molecule has 0 spiro atoms. The van der Waals surface area contributed by atoms with Gasteiger partial charge in [-0.3, -0.25) is 9.59 Å². The number of hydrogen-bond acceptors (Lipinski definition) is 10. The Morgan fingerprint density at radius 2 is 0.925 bits per heavy atom. The van der Waals surface area contributed by atoms with Gasteiger partial charge < -0.3 is 41.9 Å². The summed E-state index contributed by atoms with van der Waals surface area (Å²) in [5, 5.41) is 0. The van der Waals surface area contributed by atoms with E-state index in [0.717, 1.165) is 0 Å². The van der Waals surface area contributed by atoms with E-state index in [1.807, 2.05) is 13.8 Å². The second-order valence-corrected chi connectivity index (χ2v) is 8.93. The summed E-state index contributed by atoms with van der Waals surface area (Å²) in [7, 11) is 0. The van der Waals surface area contributed by atoms with E-state index in [4.69, 9.17) is 41.9 Å². The summed E-state index contributed by atoms with van der Waals surface area (Å²) in [6.45, 7) is 4.68. The predicted octanol–water partition coefficient (Wildman–Crippen LogP) is 5.17. The molecule has 204 valence electrons. The van der Waals surface area contributed by atoms with Crippen molar-refractivity contribution in [2.45, 2.75) is 13.8 Å². The third kappa shape index (κ3) is 4.55. The zero-order valence-corrected chi connectivity index (χ0v) is 21.9. The van der Waals surface area contributed by atoms with Crippen molar-refractivity contribution in [2.75, 3.05) is 36.1 Å². The van der Waals surface area contributed by atoms with Crippen LogP contribution in [-0.4, -0.2) is 24.8 Å². The zero-order chi connectivity index (χ0) is 28.6. The molecule has 0 unspecified atom stereocenters. The summed E-state index contributed by atoms with van der Waals surface area (Å²) in [4.78, 5) is 27.5. The standard InChI is InChI=1S/C30H28N4O6/c1-3-37-15-7-5-9-17(11-15)39-21-13-19(31)23-25(27(21)33)29(35)24-20(32)14-22(28(34)26(24)30(23)36)40-18-10-6-8-16(12-18)38-4-2/h5-14H,3-4,31-34H2,1-2H3. The molecule has 1 aliphatic rings. The molecule has 5 rings (SSSR count). The summed E-state index contributed by atoms with van der Waals surface area (Å²) < 4.78 is 22.9. The number of fused-ring (bicyclic) bond motifs is 2. The van der Waals surface area contributed by atoms with E-state index in [1.165, 1.54) is 12.1 Å². The Balaban J connectivity index is 1.56. The lowest BCUT2D eigenvalue weighted by Gasteiger charge is -2.25. The monoisotopic (exact) mass is 540 g/mol. The Morgan fingerprint density at radius 3 is 1.30 bits per heavy atom. The largest absolute Gasteiger partial charge is 0.494 e. The summed E-state index contributed by atoms with van der Waals surface area (Å²) >= 11 is 0. The summed E-state index contributed by atoms with van der Waals surface area (Å²) in [5.74, 6) is 1.01. The molecule has 1 aliphatic carbocycles.